The summed E-state index contributed by atoms with van der Waals surface area (Å²) in [5.74, 6) is -0.726. The van der Waals surface area contributed by atoms with Gasteiger partial charge in [-0.15, -0.1) is 0 Å². The van der Waals surface area contributed by atoms with E-state index in [9.17, 15) is 4.79 Å². The van der Waals surface area contributed by atoms with Crippen LogP contribution in [0.2, 0.25) is 0 Å². The number of hydrogen-bond acceptors (Lipinski definition) is 2. The third-order valence-corrected chi connectivity index (χ3v) is 3.76. The monoisotopic (exact) mass is 230 g/mol. The lowest BCUT2D eigenvalue weighted by atomic mass is 9.64. The zero-order chi connectivity index (χ0) is 11.9. The molecule has 0 amide bonds. The SMILES string of the molecule is O=C(O)CC1(c2cnc3ccccn23)CCC1. The van der Waals surface area contributed by atoms with Crippen LogP contribution < -0.4 is 0 Å². The molecule has 1 aliphatic rings. The maximum atomic E-state index is 11.0. The van der Waals surface area contributed by atoms with Crippen LogP contribution >= 0.6 is 0 Å². The first kappa shape index (κ1) is 10.3. The summed E-state index contributed by atoms with van der Waals surface area (Å²) >= 11 is 0. The van der Waals surface area contributed by atoms with Crippen molar-refractivity contribution < 1.29 is 9.90 Å². The summed E-state index contributed by atoms with van der Waals surface area (Å²) in [5.41, 5.74) is 1.73. The van der Waals surface area contributed by atoms with Gasteiger partial charge in [-0.1, -0.05) is 12.5 Å². The van der Waals surface area contributed by atoms with Gasteiger partial charge in [0.1, 0.15) is 5.65 Å². The molecule has 2 heterocycles. The molecule has 1 saturated carbocycles. The third-order valence-electron chi connectivity index (χ3n) is 3.76. The Morgan fingerprint density at radius 3 is 2.94 bits per heavy atom. The maximum absolute atomic E-state index is 11.0. The van der Waals surface area contributed by atoms with E-state index in [1.807, 2.05) is 35.0 Å². The number of carboxylic acids is 1. The number of aliphatic carboxylic acids is 1. The molecular formula is C13H14N2O2. The summed E-state index contributed by atoms with van der Waals surface area (Å²) in [6.07, 6.45) is 6.99. The quantitative estimate of drug-likeness (QED) is 0.879. The predicted octanol–water partition coefficient (Wildman–Crippen LogP) is 2.23. The van der Waals surface area contributed by atoms with Crippen LogP contribution in [0.25, 0.3) is 5.65 Å². The molecule has 0 bridgehead atoms. The lowest BCUT2D eigenvalue weighted by Gasteiger charge is -2.40. The van der Waals surface area contributed by atoms with Crippen molar-refractivity contribution in [3.8, 4) is 0 Å². The number of imidazole rings is 1. The summed E-state index contributed by atoms with van der Waals surface area (Å²) in [7, 11) is 0. The van der Waals surface area contributed by atoms with Crippen molar-refractivity contribution in [2.24, 2.45) is 0 Å². The van der Waals surface area contributed by atoms with Gasteiger partial charge in [-0.25, -0.2) is 4.98 Å². The normalized spacial score (nSPS) is 17.9. The minimum Gasteiger partial charge on any atom is -0.481 e. The van der Waals surface area contributed by atoms with E-state index < -0.39 is 5.97 Å². The van der Waals surface area contributed by atoms with Gasteiger partial charge in [0, 0.05) is 23.5 Å². The Hall–Kier alpha value is -1.84. The van der Waals surface area contributed by atoms with Crippen molar-refractivity contribution in [2.75, 3.05) is 0 Å². The molecule has 4 nitrogen and oxygen atoms in total. The van der Waals surface area contributed by atoms with Crippen molar-refractivity contribution in [3.63, 3.8) is 0 Å². The van der Waals surface area contributed by atoms with Crippen molar-refractivity contribution in [2.45, 2.75) is 31.1 Å². The molecule has 17 heavy (non-hydrogen) atoms. The molecule has 3 rings (SSSR count). The Balaban J connectivity index is 2.10. The van der Waals surface area contributed by atoms with E-state index in [-0.39, 0.29) is 11.8 Å². The summed E-state index contributed by atoms with van der Waals surface area (Å²) < 4.78 is 2.02. The number of carbonyl (C=O) groups is 1. The Kier molecular flexibility index (Phi) is 2.18. The maximum Gasteiger partial charge on any atom is 0.304 e. The van der Waals surface area contributed by atoms with Crippen LogP contribution in [0.15, 0.2) is 30.6 Å². The fourth-order valence-corrected chi connectivity index (χ4v) is 2.74. The summed E-state index contributed by atoms with van der Waals surface area (Å²) in [4.78, 5) is 15.4. The van der Waals surface area contributed by atoms with Gasteiger partial charge < -0.3 is 9.51 Å². The topological polar surface area (TPSA) is 54.6 Å². The number of rotatable bonds is 3. The van der Waals surface area contributed by atoms with E-state index in [0.717, 1.165) is 30.6 Å². The molecule has 0 aliphatic heterocycles. The summed E-state index contributed by atoms with van der Waals surface area (Å²) in [6, 6.07) is 5.83. The zero-order valence-electron chi connectivity index (χ0n) is 9.47. The second-order valence-corrected chi connectivity index (χ2v) is 4.78. The van der Waals surface area contributed by atoms with Crippen molar-refractivity contribution in [1.82, 2.24) is 9.38 Å². The molecule has 88 valence electrons. The molecule has 1 N–H and O–H groups in total. The van der Waals surface area contributed by atoms with E-state index in [1.54, 1.807) is 0 Å². The van der Waals surface area contributed by atoms with Crippen molar-refractivity contribution in [3.05, 3.63) is 36.3 Å². The molecule has 1 fully saturated rings. The second kappa shape index (κ2) is 3.58. The summed E-state index contributed by atoms with van der Waals surface area (Å²) in [5, 5.41) is 9.06. The number of aromatic nitrogens is 2. The molecule has 2 aromatic heterocycles. The lowest BCUT2D eigenvalue weighted by molar-refractivity contribution is -0.139. The molecule has 2 aromatic rings. The molecule has 0 unspecified atom stereocenters. The molecule has 4 heteroatoms. The van der Waals surface area contributed by atoms with Gasteiger partial charge in [0.25, 0.3) is 0 Å². The minimum absolute atomic E-state index is 0.202. The standard InChI is InChI=1S/C13H14N2O2/c16-12(17)8-13(5-3-6-13)10-9-14-11-4-1-2-7-15(10)11/h1-2,4,7,9H,3,5-6,8H2,(H,16,17). The lowest BCUT2D eigenvalue weighted by Crippen LogP contribution is -2.37. The molecule has 0 saturated heterocycles. The first-order valence-electron chi connectivity index (χ1n) is 5.86. The minimum atomic E-state index is -0.726. The highest BCUT2D eigenvalue weighted by molar-refractivity contribution is 5.69. The van der Waals surface area contributed by atoms with Gasteiger partial charge in [-0.2, -0.15) is 0 Å². The van der Waals surface area contributed by atoms with Gasteiger partial charge in [-0.3, -0.25) is 4.79 Å². The van der Waals surface area contributed by atoms with Crippen molar-refractivity contribution >= 4 is 11.6 Å². The largest absolute Gasteiger partial charge is 0.481 e. The average molecular weight is 230 g/mol. The van der Waals surface area contributed by atoms with Crippen LogP contribution in [-0.2, 0) is 10.2 Å². The van der Waals surface area contributed by atoms with Crippen LogP contribution in [0.5, 0.6) is 0 Å². The average Bonchev–Trinajstić information content (AvgIpc) is 2.67. The highest BCUT2D eigenvalue weighted by Gasteiger charge is 2.42. The second-order valence-electron chi connectivity index (χ2n) is 4.78. The van der Waals surface area contributed by atoms with Gasteiger partial charge in [0.15, 0.2) is 0 Å². The van der Waals surface area contributed by atoms with Crippen LogP contribution in [0, 0.1) is 0 Å². The van der Waals surface area contributed by atoms with Crippen LogP contribution in [0.4, 0.5) is 0 Å². The van der Waals surface area contributed by atoms with E-state index in [1.165, 1.54) is 0 Å². The molecule has 0 radical (unpaired) electrons. The van der Waals surface area contributed by atoms with E-state index in [4.69, 9.17) is 5.11 Å². The number of fused-ring (bicyclic) bond motifs is 1. The molecule has 0 atom stereocenters. The Morgan fingerprint density at radius 2 is 2.29 bits per heavy atom. The first-order chi connectivity index (χ1) is 8.21. The number of pyridine rings is 1. The summed E-state index contributed by atoms with van der Waals surface area (Å²) in [6.45, 7) is 0. The van der Waals surface area contributed by atoms with E-state index in [0.29, 0.717) is 0 Å². The third kappa shape index (κ3) is 1.52. The predicted molar refractivity (Wildman–Crippen MR) is 63.0 cm³/mol. The Morgan fingerprint density at radius 1 is 1.47 bits per heavy atom. The van der Waals surface area contributed by atoms with E-state index >= 15 is 0 Å². The van der Waals surface area contributed by atoms with Gasteiger partial charge in [0.05, 0.1) is 6.42 Å². The van der Waals surface area contributed by atoms with Gasteiger partial charge in [-0.05, 0) is 25.0 Å². The fraction of sp³-hybridized carbons (Fsp3) is 0.385. The highest BCUT2D eigenvalue weighted by Crippen LogP contribution is 2.46. The molecule has 0 aromatic carbocycles. The molecule has 1 aliphatic carbocycles. The van der Waals surface area contributed by atoms with Crippen LogP contribution in [0.1, 0.15) is 31.4 Å². The van der Waals surface area contributed by atoms with Crippen molar-refractivity contribution in [1.29, 1.82) is 0 Å². The Bertz CT molecular complexity index is 570. The smallest absolute Gasteiger partial charge is 0.304 e. The van der Waals surface area contributed by atoms with Crippen LogP contribution in [0.3, 0.4) is 0 Å². The molecular weight excluding hydrogens is 216 g/mol. The van der Waals surface area contributed by atoms with E-state index in [2.05, 4.69) is 4.98 Å². The zero-order valence-corrected chi connectivity index (χ0v) is 9.47. The first-order valence-corrected chi connectivity index (χ1v) is 5.86. The van der Waals surface area contributed by atoms with Gasteiger partial charge in [0.2, 0.25) is 0 Å². The number of carboxylic acid groups (broad SMARTS) is 1. The highest BCUT2D eigenvalue weighted by atomic mass is 16.4. The Labute approximate surface area is 98.9 Å². The fourth-order valence-electron chi connectivity index (χ4n) is 2.74. The van der Waals surface area contributed by atoms with Gasteiger partial charge >= 0.3 is 5.97 Å². The molecule has 0 spiro atoms. The van der Waals surface area contributed by atoms with Crippen LogP contribution in [-0.4, -0.2) is 20.5 Å². The number of hydrogen-bond donors (Lipinski definition) is 1. The number of nitrogens with zero attached hydrogens (tertiary/aromatic N) is 2.